The van der Waals surface area contributed by atoms with Gasteiger partial charge < -0.3 is 4.90 Å². The van der Waals surface area contributed by atoms with Crippen molar-refractivity contribution >= 4 is 33.2 Å². The minimum absolute atomic E-state index is 0.0790. The van der Waals surface area contributed by atoms with E-state index in [4.69, 9.17) is 0 Å². The molecule has 5 heteroatoms. The van der Waals surface area contributed by atoms with Crippen LogP contribution in [-0.2, 0) is 11.3 Å². The van der Waals surface area contributed by atoms with Gasteiger partial charge in [0, 0.05) is 11.9 Å². The van der Waals surface area contributed by atoms with E-state index in [9.17, 15) is 4.79 Å². The van der Waals surface area contributed by atoms with E-state index in [1.165, 1.54) is 0 Å². The number of hydrogen-bond acceptors (Lipinski definition) is 3. The number of halogens is 1. The molecule has 0 aliphatic carbocycles. The first kappa shape index (κ1) is 12.6. The first-order valence-electron chi connectivity index (χ1n) is 4.66. The van der Waals surface area contributed by atoms with E-state index in [2.05, 4.69) is 20.9 Å². The molecular formula is C10H15BrN2OS. The smallest absolute Gasteiger partial charge is 0.238 e. The number of nitrogens with zero attached hydrogens (tertiary/aromatic N) is 2. The topological polar surface area (TPSA) is 33.2 Å². The Hall–Kier alpha value is -0.420. The lowest BCUT2D eigenvalue weighted by Crippen LogP contribution is -2.38. The molecule has 84 valence electrons. The molecule has 0 aromatic carbocycles. The summed E-state index contributed by atoms with van der Waals surface area (Å²) in [5, 5.41) is 0. The van der Waals surface area contributed by atoms with Crippen molar-refractivity contribution in [2.75, 3.05) is 7.05 Å². The number of aryl methyl sites for hydroxylation is 1. The van der Waals surface area contributed by atoms with Crippen molar-refractivity contribution in [1.29, 1.82) is 0 Å². The maximum absolute atomic E-state index is 11.9. The molecule has 0 saturated heterocycles. The molecule has 0 N–H and O–H groups in total. The van der Waals surface area contributed by atoms with Crippen LogP contribution in [0.15, 0.2) is 5.51 Å². The Morgan fingerprint density at radius 2 is 2.27 bits per heavy atom. The number of carbonyl (C=O) groups is 1. The van der Waals surface area contributed by atoms with Crippen LogP contribution in [0.3, 0.4) is 0 Å². The maximum atomic E-state index is 11.9. The second-order valence-corrected chi connectivity index (χ2v) is 6.92. The van der Waals surface area contributed by atoms with Gasteiger partial charge in [0.1, 0.15) is 0 Å². The summed E-state index contributed by atoms with van der Waals surface area (Å²) in [4.78, 5) is 18.9. The highest BCUT2D eigenvalue weighted by molar-refractivity contribution is 9.10. The Kier molecular flexibility index (Phi) is 3.89. The first-order chi connectivity index (χ1) is 6.82. The van der Waals surface area contributed by atoms with Crippen molar-refractivity contribution in [3.05, 3.63) is 16.1 Å². The number of aromatic nitrogens is 1. The third-order valence-corrected chi connectivity index (χ3v) is 3.34. The largest absolute Gasteiger partial charge is 0.339 e. The van der Waals surface area contributed by atoms with E-state index >= 15 is 0 Å². The zero-order chi connectivity index (χ0) is 11.6. The summed E-state index contributed by atoms with van der Waals surface area (Å²) in [5.74, 6) is 0.0790. The van der Waals surface area contributed by atoms with Crippen LogP contribution in [0.2, 0.25) is 0 Å². The summed E-state index contributed by atoms with van der Waals surface area (Å²) in [5.41, 5.74) is 2.81. The zero-order valence-corrected chi connectivity index (χ0v) is 11.8. The monoisotopic (exact) mass is 290 g/mol. The van der Waals surface area contributed by atoms with Gasteiger partial charge in [-0.25, -0.2) is 4.98 Å². The lowest BCUT2D eigenvalue weighted by molar-refractivity contribution is -0.131. The summed E-state index contributed by atoms with van der Waals surface area (Å²) >= 11 is 4.95. The Balaban J connectivity index is 2.68. The summed E-state index contributed by atoms with van der Waals surface area (Å²) in [6.07, 6.45) is 0. The van der Waals surface area contributed by atoms with Crippen LogP contribution in [-0.4, -0.2) is 27.2 Å². The van der Waals surface area contributed by atoms with Crippen LogP contribution in [0.1, 0.15) is 24.4 Å². The quantitative estimate of drug-likeness (QED) is 0.802. The van der Waals surface area contributed by atoms with Gasteiger partial charge in [0.2, 0.25) is 5.91 Å². The summed E-state index contributed by atoms with van der Waals surface area (Å²) in [6.45, 7) is 6.30. The van der Waals surface area contributed by atoms with Gasteiger partial charge in [-0.1, -0.05) is 15.9 Å². The Bertz CT molecular complexity index is 357. The fourth-order valence-electron chi connectivity index (χ4n) is 1.22. The maximum Gasteiger partial charge on any atom is 0.238 e. The third-order valence-electron chi connectivity index (χ3n) is 2.08. The molecule has 1 aromatic rings. The highest BCUT2D eigenvalue weighted by atomic mass is 79.9. The van der Waals surface area contributed by atoms with Crippen LogP contribution < -0.4 is 0 Å². The molecule has 1 aromatic heterocycles. The predicted molar refractivity (Wildman–Crippen MR) is 66.3 cm³/mol. The molecule has 1 heterocycles. The second-order valence-electron chi connectivity index (χ2n) is 3.99. The number of thiazole rings is 1. The molecule has 0 aliphatic heterocycles. The Morgan fingerprint density at radius 3 is 2.67 bits per heavy atom. The molecule has 15 heavy (non-hydrogen) atoms. The number of rotatable bonds is 3. The molecule has 0 aliphatic rings. The fraction of sp³-hybridized carbons (Fsp3) is 0.600. The van der Waals surface area contributed by atoms with E-state index < -0.39 is 4.32 Å². The van der Waals surface area contributed by atoms with Crippen molar-refractivity contribution < 1.29 is 4.79 Å². The molecular weight excluding hydrogens is 276 g/mol. The van der Waals surface area contributed by atoms with E-state index in [0.29, 0.717) is 6.54 Å². The molecule has 0 radical (unpaired) electrons. The molecule has 0 fully saturated rings. The molecule has 0 saturated carbocycles. The van der Waals surface area contributed by atoms with Gasteiger partial charge in [-0.3, -0.25) is 4.79 Å². The normalized spacial score (nSPS) is 11.5. The number of carbonyl (C=O) groups excluding carboxylic acids is 1. The number of amides is 1. The van der Waals surface area contributed by atoms with Crippen LogP contribution >= 0.6 is 27.3 Å². The number of alkyl halides is 1. The molecule has 0 bridgehead atoms. The predicted octanol–water partition coefficient (Wildman–Crippen LogP) is 2.58. The summed E-state index contributed by atoms with van der Waals surface area (Å²) in [7, 11) is 1.81. The van der Waals surface area contributed by atoms with Gasteiger partial charge in [0.15, 0.2) is 0 Å². The highest BCUT2D eigenvalue weighted by Gasteiger charge is 2.27. The van der Waals surface area contributed by atoms with Crippen molar-refractivity contribution in [1.82, 2.24) is 9.88 Å². The van der Waals surface area contributed by atoms with Gasteiger partial charge >= 0.3 is 0 Å². The SMILES string of the molecule is Cc1ncsc1CN(C)C(=O)C(C)(C)Br. The van der Waals surface area contributed by atoms with Crippen molar-refractivity contribution in [2.45, 2.75) is 31.6 Å². The minimum Gasteiger partial charge on any atom is -0.339 e. The minimum atomic E-state index is -0.500. The van der Waals surface area contributed by atoms with Crippen molar-refractivity contribution in [2.24, 2.45) is 0 Å². The zero-order valence-electron chi connectivity index (χ0n) is 9.37. The van der Waals surface area contributed by atoms with Crippen molar-refractivity contribution in [3.63, 3.8) is 0 Å². The first-order valence-corrected chi connectivity index (χ1v) is 6.33. The molecule has 0 atom stereocenters. The Labute approximate surface area is 103 Å². The average molecular weight is 291 g/mol. The molecule has 1 amide bonds. The lowest BCUT2D eigenvalue weighted by Gasteiger charge is -2.24. The average Bonchev–Trinajstić information content (AvgIpc) is 2.49. The molecule has 1 rings (SSSR count). The lowest BCUT2D eigenvalue weighted by atomic mass is 10.2. The Morgan fingerprint density at radius 1 is 1.67 bits per heavy atom. The van der Waals surface area contributed by atoms with Gasteiger partial charge in [-0.2, -0.15) is 0 Å². The van der Waals surface area contributed by atoms with Crippen LogP contribution in [0, 0.1) is 6.92 Å². The van der Waals surface area contributed by atoms with E-state index in [1.54, 1.807) is 16.2 Å². The summed E-state index contributed by atoms with van der Waals surface area (Å²) in [6, 6.07) is 0. The van der Waals surface area contributed by atoms with Crippen LogP contribution in [0.25, 0.3) is 0 Å². The fourth-order valence-corrected chi connectivity index (χ4v) is 2.35. The van der Waals surface area contributed by atoms with Crippen LogP contribution in [0.4, 0.5) is 0 Å². The van der Waals surface area contributed by atoms with Gasteiger partial charge in [-0.15, -0.1) is 11.3 Å². The summed E-state index contributed by atoms with van der Waals surface area (Å²) < 4.78 is -0.500. The van der Waals surface area contributed by atoms with Gasteiger partial charge in [0.05, 0.1) is 22.1 Å². The van der Waals surface area contributed by atoms with Crippen LogP contribution in [0.5, 0.6) is 0 Å². The highest BCUT2D eigenvalue weighted by Crippen LogP contribution is 2.21. The van der Waals surface area contributed by atoms with Crippen molar-refractivity contribution in [3.8, 4) is 0 Å². The van der Waals surface area contributed by atoms with E-state index in [-0.39, 0.29) is 5.91 Å². The third kappa shape index (κ3) is 3.28. The van der Waals surface area contributed by atoms with E-state index in [0.717, 1.165) is 10.6 Å². The standard InChI is InChI=1S/C10H15BrN2OS/c1-7-8(15-6-12-7)5-13(4)9(14)10(2,3)11/h6H,5H2,1-4H3. The number of hydrogen-bond donors (Lipinski definition) is 0. The molecule has 0 spiro atoms. The van der Waals surface area contributed by atoms with E-state index in [1.807, 2.05) is 33.3 Å². The second kappa shape index (κ2) is 4.61. The molecule has 3 nitrogen and oxygen atoms in total. The van der Waals surface area contributed by atoms with Gasteiger partial charge in [0.25, 0.3) is 0 Å². The van der Waals surface area contributed by atoms with Gasteiger partial charge in [-0.05, 0) is 20.8 Å². The molecule has 0 unspecified atom stereocenters.